The van der Waals surface area contributed by atoms with Crippen LogP contribution >= 0.6 is 0 Å². The summed E-state index contributed by atoms with van der Waals surface area (Å²) in [7, 11) is -1.25. The molecule has 1 heterocycles. The highest BCUT2D eigenvalue weighted by atomic mass is 28.3. The molecule has 2 aliphatic carbocycles. The number of allylic oxidation sites excluding steroid dienone is 4. The van der Waals surface area contributed by atoms with Crippen LogP contribution in [0.3, 0.4) is 0 Å². The zero-order valence-electron chi connectivity index (χ0n) is 17.3. The highest BCUT2D eigenvalue weighted by Gasteiger charge is 2.28. The molecule has 0 bridgehead atoms. The summed E-state index contributed by atoms with van der Waals surface area (Å²) in [5.74, 6) is 0.459. The van der Waals surface area contributed by atoms with Crippen molar-refractivity contribution >= 4 is 30.1 Å². The van der Waals surface area contributed by atoms with Gasteiger partial charge in [-0.2, -0.15) is 0 Å². The van der Waals surface area contributed by atoms with E-state index < -0.39 is 8.07 Å². The first-order chi connectivity index (χ1) is 12.1. The van der Waals surface area contributed by atoms with Crippen molar-refractivity contribution in [2.24, 2.45) is 5.92 Å². The number of hydrogen-bond donors (Lipinski definition) is 0. The van der Waals surface area contributed by atoms with Crippen molar-refractivity contribution in [3.8, 4) is 0 Å². The summed E-state index contributed by atoms with van der Waals surface area (Å²) in [5, 5.41) is 4.43. The average molecular weight is 362 g/mol. The van der Waals surface area contributed by atoms with Crippen LogP contribution in [0.5, 0.6) is 0 Å². The molecular weight excluding hydrogens is 330 g/mol. The number of hydrogen-bond acceptors (Lipinski definition) is 0. The van der Waals surface area contributed by atoms with Crippen LogP contribution < -0.4 is 10.6 Å². The lowest BCUT2D eigenvalue weighted by Crippen LogP contribution is -2.37. The van der Waals surface area contributed by atoms with E-state index in [0.717, 1.165) is 0 Å². The molecular formula is C24H31NSi. The number of aromatic nitrogens is 1. The Morgan fingerprint density at radius 1 is 1.08 bits per heavy atom. The smallest absolute Gasteiger partial charge is 0.0671 e. The Bertz CT molecular complexity index is 1080. The summed E-state index contributed by atoms with van der Waals surface area (Å²) in [6.07, 6.45) is 10.3. The van der Waals surface area contributed by atoms with Crippen LogP contribution in [-0.2, 0) is 11.6 Å². The Labute approximate surface area is 158 Å². The Kier molecular flexibility index (Phi) is 3.79. The molecule has 4 rings (SSSR count). The van der Waals surface area contributed by atoms with Crippen LogP contribution in [-0.4, -0.2) is 12.6 Å². The first kappa shape index (κ1) is 17.6. The van der Waals surface area contributed by atoms with E-state index in [2.05, 4.69) is 94.4 Å². The van der Waals surface area contributed by atoms with E-state index in [1.54, 1.807) is 0 Å². The average Bonchev–Trinajstić information content (AvgIpc) is 3.00. The molecule has 0 saturated carbocycles. The van der Waals surface area contributed by atoms with Gasteiger partial charge in [0, 0.05) is 33.6 Å². The quantitative estimate of drug-likeness (QED) is 0.671. The third kappa shape index (κ3) is 2.66. The topological polar surface area (TPSA) is 4.93 Å². The molecule has 136 valence electrons. The standard InChI is InChI=1S/C24H31NSi/c1-16-18-10-8-9-11-19(18)22-20-14-17(24(2,3)4)12-13-21(20)25(23(16)22)15-26(5,6)7/h8-14,18H,15H2,1-7H3. The Morgan fingerprint density at radius 2 is 1.81 bits per heavy atom. The Balaban J connectivity index is 2.16. The molecule has 2 heteroatoms. The van der Waals surface area contributed by atoms with Gasteiger partial charge in [0.15, 0.2) is 0 Å². The second kappa shape index (κ2) is 5.59. The monoisotopic (exact) mass is 361 g/mol. The van der Waals surface area contributed by atoms with E-state index in [1.807, 2.05) is 0 Å². The molecule has 0 aliphatic heterocycles. The van der Waals surface area contributed by atoms with Crippen LogP contribution in [0.25, 0.3) is 22.0 Å². The largest absolute Gasteiger partial charge is 0.344 e. The van der Waals surface area contributed by atoms with Crippen molar-refractivity contribution in [2.75, 3.05) is 0 Å². The summed E-state index contributed by atoms with van der Waals surface area (Å²) < 4.78 is 2.64. The predicted molar refractivity (Wildman–Crippen MR) is 117 cm³/mol. The zero-order chi connectivity index (χ0) is 18.9. The minimum atomic E-state index is -1.25. The molecule has 1 aromatic heterocycles. The van der Waals surface area contributed by atoms with E-state index in [0.29, 0.717) is 5.92 Å². The molecule has 26 heavy (non-hydrogen) atoms. The molecule has 2 aliphatic rings. The summed E-state index contributed by atoms with van der Waals surface area (Å²) in [4.78, 5) is 0. The third-order valence-electron chi connectivity index (χ3n) is 5.72. The van der Waals surface area contributed by atoms with E-state index in [4.69, 9.17) is 0 Å². The molecule has 0 spiro atoms. The maximum Gasteiger partial charge on any atom is 0.0671 e. The molecule has 0 saturated heterocycles. The van der Waals surface area contributed by atoms with Crippen LogP contribution in [0, 0.1) is 5.92 Å². The second-order valence-electron chi connectivity index (χ2n) is 10.2. The van der Waals surface area contributed by atoms with Crippen molar-refractivity contribution in [1.29, 1.82) is 0 Å². The van der Waals surface area contributed by atoms with Crippen molar-refractivity contribution in [2.45, 2.75) is 58.9 Å². The normalized spacial score (nSPS) is 19.4. The molecule has 0 fully saturated rings. The van der Waals surface area contributed by atoms with Gasteiger partial charge in [-0.25, -0.2) is 0 Å². The van der Waals surface area contributed by atoms with Gasteiger partial charge in [-0.1, -0.05) is 70.8 Å². The molecule has 1 atom stereocenters. The molecule has 1 nitrogen and oxygen atoms in total. The number of benzene rings is 1. The van der Waals surface area contributed by atoms with Gasteiger partial charge in [0.05, 0.1) is 8.07 Å². The van der Waals surface area contributed by atoms with E-state index in [1.165, 1.54) is 44.3 Å². The van der Waals surface area contributed by atoms with Crippen molar-refractivity contribution < 1.29 is 0 Å². The van der Waals surface area contributed by atoms with Crippen LogP contribution in [0.1, 0.15) is 33.3 Å². The molecule has 0 N–H and O–H groups in total. The predicted octanol–water partition coefficient (Wildman–Crippen LogP) is 4.89. The Hall–Kier alpha value is -1.80. The lowest BCUT2D eigenvalue weighted by atomic mass is 9.86. The van der Waals surface area contributed by atoms with Gasteiger partial charge in [-0.05, 0) is 41.2 Å². The van der Waals surface area contributed by atoms with Crippen molar-refractivity contribution in [3.63, 3.8) is 0 Å². The molecule has 0 amide bonds. The zero-order valence-corrected chi connectivity index (χ0v) is 18.3. The van der Waals surface area contributed by atoms with Crippen molar-refractivity contribution in [1.82, 2.24) is 4.57 Å². The maximum atomic E-state index is 2.64. The van der Waals surface area contributed by atoms with Crippen LogP contribution in [0.2, 0.25) is 19.6 Å². The molecule has 2 aromatic rings. The van der Waals surface area contributed by atoms with Crippen LogP contribution in [0.15, 0.2) is 42.5 Å². The summed E-state index contributed by atoms with van der Waals surface area (Å²) in [5.41, 5.74) is 6.02. The fraction of sp³-hybridized carbons (Fsp3) is 0.417. The van der Waals surface area contributed by atoms with Gasteiger partial charge < -0.3 is 4.57 Å². The van der Waals surface area contributed by atoms with Crippen LogP contribution in [0.4, 0.5) is 0 Å². The minimum Gasteiger partial charge on any atom is -0.344 e. The van der Waals surface area contributed by atoms with Crippen molar-refractivity contribution in [3.05, 3.63) is 58.6 Å². The first-order valence-corrected chi connectivity index (χ1v) is 13.5. The fourth-order valence-corrected chi connectivity index (χ4v) is 5.74. The minimum absolute atomic E-state index is 0.172. The van der Waals surface area contributed by atoms with Gasteiger partial charge in [0.25, 0.3) is 0 Å². The van der Waals surface area contributed by atoms with Gasteiger partial charge in [-0.3, -0.25) is 0 Å². The lowest BCUT2D eigenvalue weighted by molar-refractivity contribution is 0.591. The maximum absolute atomic E-state index is 2.64. The van der Waals surface area contributed by atoms with Gasteiger partial charge in [-0.15, -0.1) is 0 Å². The fourth-order valence-electron chi connectivity index (χ4n) is 4.47. The first-order valence-electron chi connectivity index (χ1n) is 9.80. The molecule has 0 radical (unpaired) electrons. The van der Waals surface area contributed by atoms with E-state index >= 15 is 0 Å². The number of rotatable bonds is 2. The third-order valence-corrected chi connectivity index (χ3v) is 6.98. The van der Waals surface area contributed by atoms with Gasteiger partial charge in [0.2, 0.25) is 0 Å². The summed E-state index contributed by atoms with van der Waals surface area (Å²) in [6, 6.07) is 7.18. The van der Waals surface area contributed by atoms with E-state index in [-0.39, 0.29) is 5.41 Å². The van der Waals surface area contributed by atoms with Gasteiger partial charge >= 0.3 is 0 Å². The lowest BCUT2D eigenvalue weighted by Gasteiger charge is -2.21. The number of nitrogens with zero attached hydrogens (tertiary/aromatic N) is 1. The summed E-state index contributed by atoms with van der Waals surface area (Å²) in [6.45, 7) is 16.7. The number of fused-ring (bicyclic) bond motifs is 4. The summed E-state index contributed by atoms with van der Waals surface area (Å²) >= 11 is 0. The highest BCUT2D eigenvalue weighted by Crippen LogP contribution is 2.32. The second-order valence-corrected chi connectivity index (χ2v) is 15.6. The van der Waals surface area contributed by atoms with E-state index in [9.17, 15) is 0 Å². The molecule has 1 unspecified atom stereocenters. The van der Waals surface area contributed by atoms with Gasteiger partial charge in [0.1, 0.15) is 0 Å². The Morgan fingerprint density at radius 3 is 2.46 bits per heavy atom. The highest BCUT2D eigenvalue weighted by molar-refractivity contribution is 6.75. The molecule has 1 aromatic carbocycles. The SMILES string of the molecule is CC1=c2c(c3cc(C(C)(C)C)ccc3n2C[Si](C)(C)C)=C2C=CC=CC21.